The lowest BCUT2D eigenvalue weighted by Crippen LogP contribution is -2.31. The number of nitrogens with one attached hydrogen (secondary N) is 1. The number of H-pyrrole nitrogens is 1. The molecule has 0 radical (unpaired) electrons. The zero-order valence-electron chi connectivity index (χ0n) is 13.9. The Hall–Kier alpha value is -1.89. The number of alkyl halides is 3. The second-order valence-electron chi connectivity index (χ2n) is 5.90. The molecule has 0 unspecified atom stereocenters. The molecule has 0 atom stereocenters. The summed E-state index contributed by atoms with van der Waals surface area (Å²) < 4.78 is 38.7. The average Bonchev–Trinajstić information content (AvgIpc) is 2.99. The van der Waals surface area contributed by atoms with Gasteiger partial charge in [-0.05, 0) is 35.9 Å². The van der Waals surface area contributed by atoms with Gasteiger partial charge in [-0.1, -0.05) is 46.9 Å². The van der Waals surface area contributed by atoms with Gasteiger partial charge >= 0.3 is 6.18 Å². The summed E-state index contributed by atoms with van der Waals surface area (Å²) in [6.45, 7) is -1.14. The molecule has 0 aliphatic heterocycles. The SMILES string of the molecule is CN(CC(F)(F)F)c1[nH]nc(-c2ccc(Cl)cc2Cl)c1-c1ccc(Cl)cc1. The molecule has 1 heterocycles. The minimum absolute atomic E-state index is 0.218. The Balaban J connectivity index is 2.18. The van der Waals surface area contributed by atoms with Crippen LogP contribution in [-0.4, -0.2) is 30.0 Å². The van der Waals surface area contributed by atoms with Gasteiger partial charge in [0.15, 0.2) is 0 Å². The van der Waals surface area contributed by atoms with Gasteiger partial charge in [0.25, 0.3) is 0 Å². The minimum Gasteiger partial charge on any atom is -0.350 e. The van der Waals surface area contributed by atoms with Crippen LogP contribution in [0.1, 0.15) is 0 Å². The van der Waals surface area contributed by atoms with E-state index < -0.39 is 12.7 Å². The molecule has 0 saturated heterocycles. The monoisotopic (exact) mass is 433 g/mol. The van der Waals surface area contributed by atoms with E-state index >= 15 is 0 Å². The molecule has 0 bridgehead atoms. The molecule has 9 heteroatoms. The van der Waals surface area contributed by atoms with Crippen LogP contribution in [-0.2, 0) is 0 Å². The van der Waals surface area contributed by atoms with Gasteiger partial charge in [-0.25, -0.2) is 0 Å². The number of hydrogen-bond donors (Lipinski definition) is 1. The number of anilines is 1. The minimum atomic E-state index is -4.37. The molecule has 1 N–H and O–H groups in total. The van der Waals surface area contributed by atoms with E-state index in [0.717, 1.165) is 4.90 Å². The molecule has 0 saturated carbocycles. The summed E-state index contributed by atoms with van der Waals surface area (Å²) in [7, 11) is 1.34. The first-order chi connectivity index (χ1) is 12.7. The van der Waals surface area contributed by atoms with E-state index in [0.29, 0.717) is 37.5 Å². The van der Waals surface area contributed by atoms with Crippen molar-refractivity contribution in [1.29, 1.82) is 0 Å². The first-order valence-corrected chi connectivity index (χ1v) is 8.87. The highest BCUT2D eigenvalue weighted by Crippen LogP contribution is 2.41. The second kappa shape index (κ2) is 7.62. The summed E-state index contributed by atoms with van der Waals surface area (Å²) in [5.41, 5.74) is 2.11. The van der Waals surface area contributed by atoms with Crippen LogP contribution in [0.25, 0.3) is 22.4 Å². The van der Waals surface area contributed by atoms with Crippen molar-refractivity contribution in [1.82, 2.24) is 10.2 Å². The third-order valence-corrected chi connectivity index (χ3v) is 4.66. The van der Waals surface area contributed by atoms with Crippen molar-refractivity contribution in [3.05, 3.63) is 57.5 Å². The number of benzene rings is 2. The molecule has 142 valence electrons. The smallest absolute Gasteiger partial charge is 0.350 e. The predicted molar refractivity (Wildman–Crippen MR) is 104 cm³/mol. The molecule has 0 aliphatic carbocycles. The van der Waals surface area contributed by atoms with E-state index in [1.165, 1.54) is 7.05 Å². The lowest BCUT2D eigenvalue weighted by molar-refractivity contribution is -0.119. The largest absolute Gasteiger partial charge is 0.405 e. The topological polar surface area (TPSA) is 31.9 Å². The van der Waals surface area contributed by atoms with Crippen molar-refractivity contribution < 1.29 is 13.2 Å². The molecule has 0 aliphatic rings. The molecule has 0 amide bonds. The van der Waals surface area contributed by atoms with E-state index in [4.69, 9.17) is 34.8 Å². The van der Waals surface area contributed by atoms with E-state index in [9.17, 15) is 13.2 Å². The predicted octanol–water partition coefficient (Wildman–Crippen LogP) is 6.70. The van der Waals surface area contributed by atoms with Crippen molar-refractivity contribution in [2.24, 2.45) is 0 Å². The zero-order chi connectivity index (χ0) is 19.8. The Labute approximate surface area is 168 Å². The average molecular weight is 435 g/mol. The third kappa shape index (κ3) is 4.51. The maximum atomic E-state index is 12.9. The van der Waals surface area contributed by atoms with Gasteiger partial charge in [-0.3, -0.25) is 5.10 Å². The fourth-order valence-electron chi connectivity index (χ4n) is 2.72. The number of rotatable bonds is 4. The number of halogens is 6. The van der Waals surface area contributed by atoms with E-state index in [2.05, 4.69) is 10.2 Å². The molecule has 3 rings (SSSR count). The molecular formula is C18H13Cl3F3N3. The highest BCUT2D eigenvalue weighted by atomic mass is 35.5. The molecule has 0 fully saturated rings. The van der Waals surface area contributed by atoms with Crippen molar-refractivity contribution in [2.45, 2.75) is 6.18 Å². The summed E-state index contributed by atoms with van der Waals surface area (Å²) in [4.78, 5) is 1.06. The van der Waals surface area contributed by atoms with Crippen molar-refractivity contribution in [3.63, 3.8) is 0 Å². The standard InChI is InChI=1S/C18H13Cl3F3N3/c1-27(9-18(22,23)24)17-15(10-2-4-11(19)5-3-10)16(25-26-17)13-7-6-12(20)8-14(13)21/h2-8H,9H2,1H3,(H,25,26). The number of hydrogen-bond acceptors (Lipinski definition) is 2. The van der Waals surface area contributed by atoms with Gasteiger partial charge in [0.1, 0.15) is 18.1 Å². The van der Waals surface area contributed by atoms with Gasteiger partial charge in [-0.15, -0.1) is 0 Å². The fraction of sp³-hybridized carbons (Fsp3) is 0.167. The normalized spacial score (nSPS) is 11.7. The van der Waals surface area contributed by atoms with Crippen LogP contribution in [0, 0.1) is 0 Å². The van der Waals surface area contributed by atoms with Gasteiger partial charge in [0.2, 0.25) is 0 Å². The lowest BCUT2D eigenvalue weighted by atomic mass is 10.0. The Kier molecular flexibility index (Phi) is 5.60. The maximum Gasteiger partial charge on any atom is 0.405 e. The highest BCUT2D eigenvalue weighted by Gasteiger charge is 2.32. The number of nitrogens with zero attached hydrogens (tertiary/aromatic N) is 2. The van der Waals surface area contributed by atoms with Crippen molar-refractivity contribution in [2.75, 3.05) is 18.5 Å². The van der Waals surface area contributed by atoms with Crippen LogP contribution in [0.15, 0.2) is 42.5 Å². The van der Waals surface area contributed by atoms with Crippen LogP contribution < -0.4 is 4.90 Å². The van der Waals surface area contributed by atoms with E-state index in [-0.39, 0.29) is 5.82 Å². The van der Waals surface area contributed by atoms with Crippen molar-refractivity contribution in [3.8, 4) is 22.4 Å². The second-order valence-corrected chi connectivity index (χ2v) is 7.18. The summed E-state index contributed by atoms with van der Waals surface area (Å²) >= 11 is 18.2. The molecule has 27 heavy (non-hydrogen) atoms. The molecule has 1 aromatic heterocycles. The third-order valence-electron chi connectivity index (χ3n) is 3.86. The molecule has 2 aromatic carbocycles. The van der Waals surface area contributed by atoms with Gasteiger partial charge < -0.3 is 4.90 Å². The summed E-state index contributed by atoms with van der Waals surface area (Å²) in [6.07, 6.45) is -4.37. The Bertz CT molecular complexity index is 953. The molecule has 3 aromatic rings. The first-order valence-electron chi connectivity index (χ1n) is 7.73. The molecule has 0 spiro atoms. The Morgan fingerprint density at radius 1 is 1.00 bits per heavy atom. The van der Waals surface area contributed by atoms with Crippen LogP contribution in [0.5, 0.6) is 0 Å². The highest BCUT2D eigenvalue weighted by molar-refractivity contribution is 6.36. The molecular weight excluding hydrogens is 422 g/mol. The van der Waals surface area contributed by atoms with Gasteiger partial charge in [-0.2, -0.15) is 18.3 Å². The van der Waals surface area contributed by atoms with Crippen LogP contribution in [0.2, 0.25) is 15.1 Å². The van der Waals surface area contributed by atoms with Gasteiger partial charge in [0.05, 0.1) is 10.6 Å². The Morgan fingerprint density at radius 3 is 2.22 bits per heavy atom. The van der Waals surface area contributed by atoms with Crippen LogP contribution in [0.4, 0.5) is 19.0 Å². The van der Waals surface area contributed by atoms with Crippen LogP contribution >= 0.6 is 34.8 Å². The van der Waals surface area contributed by atoms with E-state index in [1.807, 2.05) is 0 Å². The number of aromatic amines is 1. The van der Waals surface area contributed by atoms with Crippen molar-refractivity contribution >= 4 is 40.6 Å². The van der Waals surface area contributed by atoms with Crippen LogP contribution in [0.3, 0.4) is 0 Å². The van der Waals surface area contributed by atoms with E-state index in [1.54, 1.807) is 42.5 Å². The Morgan fingerprint density at radius 2 is 1.63 bits per heavy atom. The fourth-order valence-corrected chi connectivity index (χ4v) is 3.35. The maximum absolute atomic E-state index is 12.9. The number of aromatic nitrogens is 2. The first kappa shape index (κ1) is 19.9. The summed E-state index contributed by atoms with van der Waals surface area (Å²) in [5, 5.41) is 8.23. The zero-order valence-corrected chi connectivity index (χ0v) is 16.2. The summed E-state index contributed by atoms with van der Waals surface area (Å²) in [5.74, 6) is 0.218. The quantitative estimate of drug-likeness (QED) is 0.495. The lowest BCUT2D eigenvalue weighted by Gasteiger charge is -2.21. The summed E-state index contributed by atoms with van der Waals surface area (Å²) in [6, 6.07) is 11.6. The van der Waals surface area contributed by atoms with Gasteiger partial charge in [0, 0.05) is 22.7 Å². The molecule has 3 nitrogen and oxygen atoms in total.